The number of aryl methyl sites for hydroxylation is 1. The molecule has 0 spiro atoms. The lowest BCUT2D eigenvalue weighted by molar-refractivity contribution is 0.0674. The number of benzene rings is 2. The maximum atomic E-state index is 13.7. The molecule has 1 fully saturated rings. The molecule has 34 heavy (non-hydrogen) atoms. The molecular weight excluding hydrogens is 491 g/mol. The first-order chi connectivity index (χ1) is 16.4. The fraction of sp³-hybridized carbons (Fsp3) is 0.269. The van der Waals surface area contributed by atoms with Crippen LogP contribution in [0.2, 0.25) is 15.1 Å². The molecule has 1 aliphatic carbocycles. The lowest BCUT2D eigenvalue weighted by atomic mass is 9.77. The molecule has 2 aliphatic rings. The van der Waals surface area contributed by atoms with Gasteiger partial charge in [0.05, 0.1) is 16.8 Å². The third-order valence-electron chi connectivity index (χ3n) is 6.38. The van der Waals surface area contributed by atoms with E-state index >= 15 is 0 Å². The molecule has 2 unspecified atom stereocenters. The minimum Gasteiger partial charge on any atom is -0.271 e. The summed E-state index contributed by atoms with van der Waals surface area (Å²) in [5.41, 5.74) is 4.34. The summed E-state index contributed by atoms with van der Waals surface area (Å²) in [5.74, 6) is -0.227. The van der Waals surface area contributed by atoms with Crippen LogP contribution in [-0.4, -0.2) is 26.4 Å². The second-order valence-corrected chi connectivity index (χ2v) is 9.81. The van der Waals surface area contributed by atoms with Crippen molar-refractivity contribution in [1.82, 2.24) is 14.8 Å². The number of hydrogen-bond acceptors (Lipinski definition) is 3. The predicted molar refractivity (Wildman–Crippen MR) is 137 cm³/mol. The first kappa shape index (κ1) is 23.2. The van der Waals surface area contributed by atoms with Crippen LogP contribution in [0.3, 0.4) is 0 Å². The van der Waals surface area contributed by atoms with Gasteiger partial charge in [-0.05, 0) is 73.2 Å². The van der Waals surface area contributed by atoms with Crippen LogP contribution in [0, 0.1) is 5.92 Å². The minimum atomic E-state index is -0.301. The molecule has 5 rings (SSSR count). The Labute approximate surface area is 213 Å². The normalized spacial score (nSPS) is 21.0. The number of hydrazone groups is 1. The van der Waals surface area contributed by atoms with Gasteiger partial charge in [0, 0.05) is 28.7 Å². The van der Waals surface area contributed by atoms with Crippen molar-refractivity contribution >= 4 is 52.5 Å². The summed E-state index contributed by atoms with van der Waals surface area (Å²) in [4.78, 5) is 13.7. The fourth-order valence-electron chi connectivity index (χ4n) is 4.73. The molecule has 0 bridgehead atoms. The van der Waals surface area contributed by atoms with E-state index in [2.05, 4.69) is 11.2 Å². The molecule has 2 aromatic carbocycles. The van der Waals surface area contributed by atoms with Gasteiger partial charge in [-0.25, -0.2) is 5.01 Å². The lowest BCUT2D eigenvalue weighted by Crippen LogP contribution is -2.32. The van der Waals surface area contributed by atoms with Gasteiger partial charge in [-0.1, -0.05) is 59.1 Å². The molecule has 1 saturated carbocycles. The van der Waals surface area contributed by atoms with E-state index in [9.17, 15) is 4.79 Å². The number of fused-ring (bicyclic) bond motifs is 1. The number of allylic oxidation sites excluding steroid dienone is 1. The largest absolute Gasteiger partial charge is 0.296 e. The third-order valence-corrected chi connectivity index (χ3v) is 7.16. The van der Waals surface area contributed by atoms with Crippen molar-refractivity contribution in [2.24, 2.45) is 11.0 Å². The summed E-state index contributed by atoms with van der Waals surface area (Å²) < 4.78 is 1.66. The highest BCUT2D eigenvalue weighted by molar-refractivity contribution is 6.33. The number of amides is 1. The van der Waals surface area contributed by atoms with Crippen molar-refractivity contribution in [2.75, 3.05) is 0 Å². The Kier molecular flexibility index (Phi) is 6.52. The number of carbonyl (C=O) groups is 1. The minimum absolute atomic E-state index is 0.0736. The van der Waals surface area contributed by atoms with Crippen molar-refractivity contribution < 1.29 is 4.79 Å². The molecular formula is C26H23Cl3N4O. The smallest absolute Gasteiger partial charge is 0.271 e. The summed E-state index contributed by atoms with van der Waals surface area (Å²) in [6.07, 6.45) is 6.67. The van der Waals surface area contributed by atoms with E-state index < -0.39 is 0 Å². The standard InChI is InChI=1S/C26H23Cl3N4O/c1-2-32-15-22(29)24(30-32)26(34)33-25(17-8-12-20(28)13-9-17)21-5-3-4-18(23(21)31-33)14-16-6-10-19(27)11-7-16/h6-15,21,25H,2-5H2,1H3/b18-14+. The molecule has 3 aromatic rings. The predicted octanol–water partition coefficient (Wildman–Crippen LogP) is 7.30. The van der Waals surface area contributed by atoms with Gasteiger partial charge >= 0.3 is 0 Å². The first-order valence-electron chi connectivity index (χ1n) is 11.3. The molecule has 5 nitrogen and oxygen atoms in total. The second kappa shape index (κ2) is 9.57. The van der Waals surface area contributed by atoms with Gasteiger partial charge in [-0.2, -0.15) is 10.2 Å². The molecule has 1 aliphatic heterocycles. The molecule has 174 valence electrons. The Balaban J connectivity index is 1.58. The van der Waals surface area contributed by atoms with E-state index in [4.69, 9.17) is 39.9 Å². The Morgan fingerprint density at radius 1 is 1.06 bits per heavy atom. The Morgan fingerprint density at radius 2 is 1.74 bits per heavy atom. The Bertz CT molecular complexity index is 1280. The molecule has 2 heterocycles. The van der Waals surface area contributed by atoms with E-state index in [0.717, 1.165) is 41.7 Å². The van der Waals surface area contributed by atoms with E-state index in [1.54, 1.807) is 15.9 Å². The molecule has 1 amide bonds. The fourth-order valence-corrected chi connectivity index (χ4v) is 5.22. The van der Waals surface area contributed by atoms with Gasteiger partial charge in [-0.15, -0.1) is 0 Å². The lowest BCUT2D eigenvalue weighted by Gasteiger charge is -2.29. The van der Waals surface area contributed by atoms with Gasteiger partial charge in [0.2, 0.25) is 0 Å². The van der Waals surface area contributed by atoms with Crippen LogP contribution in [0.25, 0.3) is 6.08 Å². The van der Waals surface area contributed by atoms with Gasteiger partial charge in [0.25, 0.3) is 5.91 Å². The van der Waals surface area contributed by atoms with Crippen LogP contribution in [0.4, 0.5) is 0 Å². The van der Waals surface area contributed by atoms with Gasteiger partial charge < -0.3 is 0 Å². The highest BCUT2D eigenvalue weighted by Gasteiger charge is 2.44. The zero-order valence-electron chi connectivity index (χ0n) is 18.6. The van der Waals surface area contributed by atoms with E-state index in [1.165, 1.54) is 0 Å². The van der Waals surface area contributed by atoms with E-state index in [-0.39, 0.29) is 23.6 Å². The summed E-state index contributed by atoms with van der Waals surface area (Å²) in [7, 11) is 0. The number of hydrogen-bond donors (Lipinski definition) is 0. The number of nitrogens with zero attached hydrogens (tertiary/aromatic N) is 4. The average Bonchev–Trinajstić information content (AvgIpc) is 3.42. The van der Waals surface area contributed by atoms with Crippen LogP contribution in [0.5, 0.6) is 0 Å². The maximum Gasteiger partial charge on any atom is 0.296 e. The highest BCUT2D eigenvalue weighted by Crippen LogP contribution is 2.45. The molecule has 0 N–H and O–H groups in total. The summed E-state index contributed by atoms with van der Waals surface area (Å²) in [5, 5.41) is 12.6. The van der Waals surface area contributed by atoms with E-state index in [0.29, 0.717) is 21.6 Å². The molecule has 0 radical (unpaired) electrons. The molecule has 2 atom stereocenters. The number of carbonyl (C=O) groups excluding carboxylic acids is 1. The van der Waals surface area contributed by atoms with Crippen LogP contribution in [0.15, 0.2) is 65.4 Å². The van der Waals surface area contributed by atoms with Crippen molar-refractivity contribution in [3.63, 3.8) is 0 Å². The van der Waals surface area contributed by atoms with Crippen LogP contribution < -0.4 is 0 Å². The van der Waals surface area contributed by atoms with Crippen molar-refractivity contribution in [1.29, 1.82) is 0 Å². The first-order valence-corrected chi connectivity index (χ1v) is 12.4. The molecule has 0 saturated heterocycles. The summed E-state index contributed by atoms with van der Waals surface area (Å²) in [6, 6.07) is 15.1. The molecule has 1 aromatic heterocycles. The third kappa shape index (κ3) is 4.40. The zero-order chi connectivity index (χ0) is 23.8. The highest BCUT2D eigenvalue weighted by atomic mass is 35.5. The topological polar surface area (TPSA) is 50.5 Å². The SMILES string of the molecule is CCn1cc(Cl)c(C(=O)N2N=C3/C(=C/c4ccc(Cl)cc4)CCCC3C2c2ccc(Cl)cc2)n1. The maximum absolute atomic E-state index is 13.7. The summed E-state index contributed by atoms with van der Waals surface area (Å²) in [6.45, 7) is 2.57. The number of aromatic nitrogens is 2. The van der Waals surface area contributed by atoms with Crippen molar-refractivity contribution in [2.45, 2.75) is 38.8 Å². The van der Waals surface area contributed by atoms with Crippen LogP contribution in [-0.2, 0) is 6.54 Å². The van der Waals surface area contributed by atoms with Crippen molar-refractivity contribution in [3.8, 4) is 0 Å². The second-order valence-electron chi connectivity index (χ2n) is 8.53. The van der Waals surface area contributed by atoms with Crippen LogP contribution in [0.1, 0.15) is 53.8 Å². The van der Waals surface area contributed by atoms with Crippen molar-refractivity contribution in [3.05, 3.63) is 92.2 Å². The molecule has 8 heteroatoms. The summed E-state index contributed by atoms with van der Waals surface area (Å²) >= 11 is 18.6. The quantitative estimate of drug-likeness (QED) is 0.367. The monoisotopic (exact) mass is 512 g/mol. The Morgan fingerprint density at radius 3 is 2.38 bits per heavy atom. The van der Waals surface area contributed by atoms with Gasteiger partial charge in [-0.3, -0.25) is 9.48 Å². The Hall–Kier alpha value is -2.60. The van der Waals surface area contributed by atoms with Gasteiger partial charge in [0.15, 0.2) is 5.69 Å². The van der Waals surface area contributed by atoms with Gasteiger partial charge in [0.1, 0.15) is 0 Å². The van der Waals surface area contributed by atoms with E-state index in [1.807, 2.05) is 55.5 Å². The van der Waals surface area contributed by atoms with Crippen LogP contribution >= 0.6 is 34.8 Å². The number of rotatable bonds is 4. The number of halogens is 3. The zero-order valence-corrected chi connectivity index (χ0v) is 20.9. The average molecular weight is 514 g/mol.